The molecular formula is C30H27ClFeN4O4. The van der Waals surface area contributed by atoms with Gasteiger partial charge in [0.25, 0.3) is 0 Å². The van der Waals surface area contributed by atoms with Crippen LogP contribution in [0.25, 0.3) is 46.4 Å². The molecule has 4 aromatic rings. The number of aromatic amines is 2. The third-order valence-electron chi connectivity index (χ3n) is 5.99. The van der Waals surface area contributed by atoms with Gasteiger partial charge in [-0.05, 0) is 72.8 Å². The van der Waals surface area contributed by atoms with E-state index in [9.17, 15) is 0 Å². The Balaban J connectivity index is 0.000000202. The van der Waals surface area contributed by atoms with Crippen LogP contribution < -0.4 is 18.9 Å². The van der Waals surface area contributed by atoms with Gasteiger partial charge in [0.05, 0.1) is 56.2 Å². The fourth-order valence-corrected chi connectivity index (χ4v) is 4.50. The quantitative estimate of drug-likeness (QED) is 0.212. The van der Waals surface area contributed by atoms with Crippen LogP contribution in [0.4, 0.5) is 0 Å². The van der Waals surface area contributed by atoms with Crippen LogP contribution in [0.5, 0.6) is 23.0 Å². The Kier molecular flexibility index (Phi) is 9.22. The molecule has 0 atom stereocenters. The molecule has 0 fully saturated rings. The van der Waals surface area contributed by atoms with Gasteiger partial charge in [0, 0.05) is 45.2 Å². The largest absolute Gasteiger partial charge is 0.493 e. The molecule has 2 aliphatic rings. The summed E-state index contributed by atoms with van der Waals surface area (Å²) in [4.78, 5) is 16.0. The summed E-state index contributed by atoms with van der Waals surface area (Å²) in [5.74, 6) is 1.81. The van der Waals surface area contributed by atoms with Crippen LogP contribution in [-0.2, 0) is 17.1 Å². The number of aromatic nitrogens is 4. The molecule has 0 amide bonds. The van der Waals surface area contributed by atoms with E-state index in [2.05, 4.69) is 50.3 Å². The fraction of sp³-hybridized carbons (Fsp3) is 0.133. The van der Waals surface area contributed by atoms with Crippen LogP contribution in [0.3, 0.4) is 0 Å². The summed E-state index contributed by atoms with van der Waals surface area (Å²) < 4.78 is 20.6. The predicted molar refractivity (Wildman–Crippen MR) is 157 cm³/mol. The molecule has 0 unspecified atom stereocenters. The first-order valence-electron chi connectivity index (χ1n) is 12.1. The molecule has 40 heavy (non-hydrogen) atoms. The van der Waals surface area contributed by atoms with Crippen molar-refractivity contribution in [2.24, 2.45) is 0 Å². The molecule has 1 aromatic carbocycles. The summed E-state index contributed by atoms with van der Waals surface area (Å²) >= 11 is 5.98. The van der Waals surface area contributed by atoms with Crippen molar-refractivity contribution in [2.45, 2.75) is 0 Å². The molecule has 3 aromatic heterocycles. The number of hydrogen-bond donors (Lipinski definition) is 2. The van der Waals surface area contributed by atoms with E-state index < -0.39 is 0 Å². The van der Waals surface area contributed by atoms with Crippen molar-refractivity contribution in [3.63, 3.8) is 0 Å². The second kappa shape index (κ2) is 12.8. The Hall–Kier alpha value is -4.17. The molecule has 0 spiro atoms. The molecule has 0 saturated heterocycles. The van der Waals surface area contributed by atoms with Gasteiger partial charge in [-0.2, -0.15) is 0 Å². The molecule has 8 bridgehead atoms. The number of hydrogen-bond acceptors (Lipinski definition) is 6. The summed E-state index contributed by atoms with van der Waals surface area (Å²) in [6.45, 7) is 0. The Morgan fingerprint density at radius 1 is 0.525 bits per heavy atom. The molecule has 8 nitrogen and oxygen atoms in total. The van der Waals surface area contributed by atoms with Crippen LogP contribution in [0, 0.1) is 0 Å². The van der Waals surface area contributed by atoms with Crippen LogP contribution in [0.15, 0.2) is 54.6 Å². The first-order valence-corrected chi connectivity index (χ1v) is 12.4. The summed E-state index contributed by atoms with van der Waals surface area (Å²) in [5, 5.41) is 0.409. The Morgan fingerprint density at radius 3 is 1.38 bits per heavy atom. The molecule has 5 heterocycles. The maximum absolute atomic E-state index is 5.98. The molecular weight excluding hydrogens is 572 g/mol. The number of rotatable bonds is 4. The smallest absolute Gasteiger partial charge is 0.208 e. The van der Waals surface area contributed by atoms with E-state index in [0.29, 0.717) is 28.0 Å². The average Bonchev–Trinajstić information content (AvgIpc) is 3.74. The normalized spacial score (nSPS) is 11.2. The number of halogens is 1. The van der Waals surface area contributed by atoms with Crippen molar-refractivity contribution >= 4 is 58.0 Å². The minimum Gasteiger partial charge on any atom is -0.493 e. The Morgan fingerprint density at radius 2 is 0.950 bits per heavy atom. The third-order valence-corrected chi connectivity index (χ3v) is 6.27. The number of ether oxygens (including phenoxy) is 4. The molecule has 2 aliphatic heterocycles. The van der Waals surface area contributed by atoms with Gasteiger partial charge in [-0.25, -0.2) is 9.97 Å². The van der Waals surface area contributed by atoms with E-state index in [1.54, 1.807) is 6.07 Å². The van der Waals surface area contributed by atoms with Gasteiger partial charge in [0.2, 0.25) is 11.5 Å². The van der Waals surface area contributed by atoms with Crippen molar-refractivity contribution in [3.05, 3.63) is 82.4 Å². The standard InChI is InChI=1S/C20H14N4.C10H13ClO4.Fe/c1-2-14-10-16-5-6-18(23-16)12-20-8-7-19(24-20)11-17-4-3-15(22-17)9-13(1)21-14;1-12-7-5-6(11)8(13-2)10(15-4)9(7)14-3;/h1-12,21-22H;5H,1-4H3;. The van der Waals surface area contributed by atoms with Crippen molar-refractivity contribution in [3.8, 4) is 23.0 Å². The van der Waals surface area contributed by atoms with E-state index in [4.69, 9.17) is 30.5 Å². The van der Waals surface area contributed by atoms with Crippen LogP contribution in [0.1, 0.15) is 22.8 Å². The molecule has 6 rings (SSSR count). The minimum atomic E-state index is 0. The molecule has 0 radical (unpaired) electrons. The molecule has 0 saturated carbocycles. The number of methoxy groups -OCH3 is 4. The van der Waals surface area contributed by atoms with Gasteiger partial charge in [0.1, 0.15) is 0 Å². The van der Waals surface area contributed by atoms with Crippen molar-refractivity contribution in [2.75, 3.05) is 28.4 Å². The Labute approximate surface area is 247 Å². The molecule has 10 heteroatoms. The summed E-state index contributed by atoms with van der Waals surface area (Å²) in [6.07, 6.45) is 8.05. The van der Waals surface area contributed by atoms with Crippen LogP contribution in [-0.4, -0.2) is 48.4 Å². The van der Waals surface area contributed by atoms with E-state index in [-0.39, 0.29) is 17.1 Å². The summed E-state index contributed by atoms with van der Waals surface area (Å²) in [7, 11) is 6.07. The zero-order valence-electron chi connectivity index (χ0n) is 22.3. The monoisotopic (exact) mass is 598 g/mol. The number of fused-ring (bicyclic) bond motifs is 8. The number of nitrogens with zero attached hydrogens (tertiary/aromatic N) is 2. The first kappa shape index (κ1) is 28.8. The molecule has 2 N–H and O–H groups in total. The average molecular weight is 599 g/mol. The number of benzene rings is 1. The van der Waals surface area contributed by atoms with Gasteiger partial charge in [-0.15, -0.1) is 0 Å². The first-order chi connectivity index (χ1) is 19.0. The SMILES string of the molecule is C1=Cc2cc3ccc(cc4ccc(cc5nc(cc1n2)C=C5)[nH]4)[nH]3.COc1cc(Cl)c(OC)c(OC)c1OC.[Fe]. The van der Waals surface area contributed by atoms with Crippen molar-refractivity contribution < 1.29 is 36.0 Å². The summed E-state index contributed by atoms with van der Waals surface area (Å²) in [5.41, 5.74) is 7.86. The van der Waals surface area contributed by atoms with Crippen molar-refractivity contribution in [1.29, 1.82) is 0 Å². The van der Waals surface area contributed by atoms with Gasteiger partial charge in [-0.1, -0.05) is 11.6 Å². The fourth-order valence-electron chi connectivity index (χ4n) is 4.23. The Bertz CT molecular complexity index is 1650. The second-order valence-electron chi connectivity index (χ2n) is 8.57. The van der Waals surface area contributed by atoms with E-state index in [1.807, 2.05) is 42.5 Å². The maximum atomic E-state index is 5.98. The van der Waals surface area contributed by atoms with Gasteiger partial charge >= 0.3 is 0 Å². The molecule has 0 aliphatic carbocycles. The second-order valence-corrected chi connectivity index (χ2v) is 8.97. The maximum Gasteiger partial charge on any atom is 0.208 e. The summed E-state index contributed by atoms with van der Waals surface area (Å²) in [6, 6.07) is 18.0. The van der Waals surface area contributed by atoms with Gasteiger partial charge in [0.15, 0.2) is 11.5 Å². The van der Waals surface area contributed by atoms with E-state index in [1.165, 1.54) is 28.4 Å². The van der Waals surface area contributed by atoms with Crippen LogP contribution >= 0.6 is 11.6 Å². The number of H-pyrrole nitrogens is 2. The van der Waals surface area contributed by atoms with Crippen LogP contribution in [0.2, 0.25) is 5.02 Å². The zero-order chi connectivity index (χ0) is 27.4. The molecule has 206 valence electrons. The van der Waals surface area contributed by atoms with Crippen molar-refractivity contribution in [1.82, 2.24) is 19.9 Å². The third kappa shape index (κ3) is 6.34. The van der Waals surface area contributed by atoms with Gasteiger partial charge < -0.3 is 28.9 Å². The minimum absolute atomic E-state index is 0. The predicted octanol–water partition coefficient (Wildman–Crippen LogP) is 7.03. The topological polar surface area (TPSA) is 94.3 Å². The van der Waals surface area contributed by atoms with E-state index >= 15 is 0 Å². The number of nitrogens with one attached hydrogen (secondary N) is 2. The van der Waals surface area contributed by atoms with Gasteiger partial charge in [-0.3, -0.25) is 0 Å². The zero-order valence-corrected chi connectivity index (χ0v) is 24.1. The van der Waals surface area contributed by atoms with E-state index in [0.717, 1.165) is 44.8 Å².